The highest BCUT2D eigenvalue weighted by Gasteiger charge is 2.42. The number of fused-ring (bicyclic) bond motifs is 5. The number of para-hydroxylation sites is 1. The Kier molecular flexibility index (Phi) is 8.33. The van der Waals surface area contributed by atoms with E-state index in [1.807, 2.05) is 6.07 Å². The first kappa shape index (κ1) is 35.0. The summed E-state index contributed by atoms with van der Waals surface area (Å²) < 4.78 is 6.85. The lowest BCUT2D eigenvalue weighted by Crippen LogP contribution is -2.30. The van der Waals surface area contributed by atoms with Gasteiger partial charge in [0.25, 0.3) is 0 Å². The quantitative estimate of drug-likeness (QED) is 0.169. The average Bonchev–Trinajstić information content (AvgIpc) is 3.70. The zero-order valence-corrected chi connectivity index (χ0v) is 33.1. The molecule has 4 nitrogen and oxygen atoms in total. The molecule has 2 aliphatic carbocycles. The lowest BCUT2D eigenvalue weighted by molar-refractivity contribution is 0.504. The fourth-order valence-corrected chi connectivity index (χ4v) is 9.02. The third-order valence-corrected chi connectivity index (χ3v) is 12.3. The molecule has 0 saturated carbocycles. The Morgan fingerprint density at radius 2 is 1.22 bits per heavy atom. The van der Waals surface area contributed by atoms with Gasteiger partial charge in [-0.25, -0.2) is 15.0 Å². The van der Waals surface area contributed by atoms with Gasteiger partial charge in [-0.15, -0.1) is 0 Å². The summed E-state index contributed by atoms with van der Waals surface area (Å²) in [6.07, 6.45) is 10.7. The Hall–Kier alpha value is -7.17. The Labute approximate surface area is 344 Å². The van der Waals surface area contributed by atoms with E-state index >= 15 is 0 Å². The number of hydrogen-bond donors (Lipinski definition) is 0. The Balaban J connectivity index is 1.11. The third-order valence-electron chi connectivity index (χ3n) is 12.3. The molecule has 4 heteroatoms. The van der Waals surface area contributed by atoms with Crippen LogP contribution in [0.2, 0.25) is 0 Å². The van der Waals surface area contributed by atoms with Crippen LogP contribution >= 0.6 is 0 Å². The average molecular weight is 760 g/mol. The predicted molar refractivity (Wildman–Crippen MR) is 243 cm³/mol. The van der Waals surface area contributed by atoms with Gasteiger partial charge in [-0.1, -0.05) is 165 Å². The molecule has 0 saturated heterocycles. The van der Waals surface area contributed by atoms with Gasteiger partial charge in [0, 0.05) is 27.7 Å². The fraction of sp³-hybridized carbons (Fsp3) is 0.109. The molecule has 0 fully saturated rings. The highest BCUT2D eigenvalue weighted by atomic mass is 16.3. The van der Waals surface area contributed by atoms with Crippen LogP contribution in [0, 0.1) is 5.92 Å². The van der Waals surface area contributed by atoms with E-state index in [1.165, 1.54) is 21.5 Å². The molecule has 11 rings (SSSR count). The van der Waals surface area contributed by atoms with Crippen LogP contribution in [0.1, 0.15) is 55.2 Å². The first-order chi connectivity index (χ1) is 29.0. The van der Waals surface area contributed by atoms with E-state index in [0.29, 0.717) is 24.0 Å². The summed E-state index contributed by atoms with van der Waals surface area (Å²) in [6, 6.07) is 56.1. The van der Waals surface area contributed by atoms with Gasteiger partial charge in [-0.05, 0) is 99.3 Å². The maximum Gasteiger partial charge on any atom is 0.163 e. The van der Waals surface area contributed by atoms with Gasteiger partial charge in [0.1, 0.15) is 17.2 Å². The second-order valence-electron chi connectivity index (χ2n) is 16.2. The molecule has 2 aliphatic rings. The number of benzene rings is 7. The first-order valence-electron chi connectivity index (χ1n) is 20.5. The molecule has 9 aromatic rings. The maximum atomic E-state index is 6.85. The highest BCUT2D eigenvalue weighted by Crippen LogP contribution is 2.50. The van der Waals surface area contributed by atoms with Crippen molar-refractivity contribution in [1.82, 2.24) is 15.0 Å². The van der Waals surface area contributed by atoms with Crippen molar-refractivity contribution in [3.8, 4) is 33.6 Å². The Morgan fingerprint density at radius 3 is 1.98 bits per heavy atom. The molecule has 282 valence electrons. The van der Waals surface area contributed by atoms with Crippen LogP contribution in [-0.2, 0) is 5.41 Å². The molecular formula is C55H41N3O. The van der Waals surface area contributed by atoms with Gasteiger partial charge in [0.2, 0.25) is 0 Å². The van der Waals surface area contributed by atoms with Gasteiger partial charge in [-0.2, -0.15) is 0 Å². The SMILES string of the molecule is CC1C=CC(c2nc(-c3ccc(-c4ccccc4)c(-c4ccc5ccccc5c4)c3)nc(C3(C)CC=C(c4ccc5ccccc5c4)c4oc5ccccc5c43)n2)=CC1. The van der Waals surface area contributed by atoms with Crippen molar-refractivity contribution in [3.63, 3.8) is 0 Å². The van der Waals surface area contributed by atoms with Gasteiger partial charge >= 0.3 is 0 Å². The highest BCUT2D eigenvalue weighted by molar-refractivity contribution is 5.96. The van der Waals surface area contributed by atoms with Crippen LogP contribution in [0.25, 0.3) is 77.3 Å². The molecule has 0 amide bonds. The number of nitrogens with zero attached hydrogens (tertiary/aromatic N) is 3. The van der Waals surface area contributed by atoms with E-state index in [9.17, 15) is 0 Å². The minimum absolute atomic E-state index is 0.462. The smallest absolute Gasteiger partial charge is 0.163 e. The van der Waals surface area contributed by atoms with Gasteiger partial charge < -0.3 is 4.42 Å². The number of furan rings is 1. The van der Waals surface area contributed by atoms with Crippen LogP contribution in [0.3, 0.4) is 0 Å². The standard InChI is InChI=1S/C55H41N3O/c1-35-20-22-39(23-21-35)52-56-53(44-28-29-45(38-14-4-3-5-15-38)48(34-44)43-27-25-37-13-7-9-17-41(37)33-43)58-54(57-52)55(2)31-30-46(42-26-24-36-12-6-8-16-40(36)32-42)51-50(55)47-18-10-11-19-49(47)59-51/h3-20,22-30,32-35H,21,31H2,1-2H3. The van der Waals surface area contributed by atoms with Gasteiger partial charge in [-0.3, -0.25) is 0 Å². The summed E-state index contributed by atoms with van der Waals surface area (Å²) in [6.45, 7) is 4.52. The van der Waals surface area contributed by atoms with Gasteiger partial charge in [0.15, 0.2) is 11.6 Å². The van der Waals surface area contributed by atoms with Crippen LogP contribution in [-0.4, -0.2) is 15.0 Å². The number of allylic oxidation sites excluding steroid dienone is 5. The zero-order chi connectivity index (χ0) is 39.5. The zero-order valence-electron chi connectivity index (χ0n) is 33.1. The lowest BCUT2D eigenvalue weighted by atomic mass is 9.71. The first-order valence-corrected chi connectivity index (χ1v) is 20.5. The van der Waals surface area contributed by atoms with Crippen molar-refractivity contribution in [1.29, 1.82) is 0 Å². The molecule has 59 heavy (non-hydrogen) atoms. The monoisotopic (exact) mass is 759 g/mol. The van der Waals surface area contributed by atoms with Crippen molar-refractivity contribution in [2.45, 2.75) is 32.1 Å². The molecule has 7 aromatic carbocycles. The molecule has 0 N–H and O–H groups in total. The second kappa shape index (κ2) is 14.0. The molecule has 0 bridgehead atoms. The number of rotatable bonds is 6. The van der Waals surface area contributed by atoms with Crippen LogP contribution < -0.4 is 0 Å². The Bertz CT molecular complexity index is 3210. The largest absolute Gasteiger partial charge is 0.456 e. The minimum Gasteiger partial charge on any atom is -0.456 e. The molecule has 0 radical (unpaired) electrons. The van der Waals surface area contributed by atoms with Crippen molar-refractivity contribution < 1.29 is 4.42 Å². The van der Waals surface area contributed by atoms with Crippen molar-refractivity contribution in [3.05, 3.63) is 211 Å². The summed E-state index contributed by atoms with van der Waals surface area (Å²) >= 11 is 0. The molecule has 2 atom stereocenters. The molecule has 2 unspecified atom stereocenters. The number of aromatic nitrogens is 3. The van der Waals surface area contributed by atoms with E-state index in [2.05, 4.69) is 190 Å². The van der Waals surface area contributed by atoms with E-state index in [0.717, 1.165) is 79.1 Å². The van der Waals surface area contributed by atoms with Crippen molar-refractivity contribution >= 4 is 43.7 Å². The summed E-state index contributed by atoms with van der Waals surface area (Å²) in [7, 11) is 0. The van der Waals surface area contributed by atoms with Crippen LogP contribution in [0.5, 0.6) is 0 Å². The van der Waals surface area contributed by atoms with Gasteiger partial charge in [0.05, 0.1) is 5.41 Å². The van der Waals surface area contributed by atoms with E-state index in [4.69, 9.17) is 19.4 Å². The van der Waals surface area contributed by atoms with E-state index in [-0.39, 0.29) is 0 Å². The lowest BCUT2D eigenvalue weighted by Gasteiger charge is -2.32. The van der Waals surface area contributed by atoms with Crippen LogP contribution in [0.15, 0.2) is 186 Å². The summed E-state index contributed by atoms with van der Waals surface area (Å²) in [5, 5.41) is 5.92. The molecular weight excluding hydrogens is 719 g/mol. The number of hydrogen-bond acceptors (Lipinski definition) is 4. The summed E-state index contributed by atoms with van der Waals surface area (Å²) in [5.74, 6) is 3.40. The van der Waals surface area contributed by atoms with E-state index in [1.54, 1.807) is 0 Å². The molecule has 0 spiro atoms. The van der Waals surface area contributed by atoms with Crippen LogP contribution in [0.4, 0.5) is 0 Å². The molecule has 2 aromatic heterocycles. The van der Waals surface area contributed by atoms with Crippen molar-refractivity contribution in [2.75, 3.05) is 0 Å². The summed E-state index contributed by atoms with van der Waals surface area (Å²) in [5.41, 5.74) is 10.1. The minimum atomic E-state index is -0.619. The Morgan fingerprint density at radius 1 is 0.559 bits per heavy atom. The van der Waals surface area contributed by atoms with Crippen molar-refractivity contribution in [2.24, 2.45) is 5.92 Å². The predicted octanol–water partition coefficient (Wildman–Crippen LogP) is 14.0. The summed E-state index contributed by atoms with van der Waals surface area (Å²) in [4.78, 5) is 16.2. The molecule has 2 heterocycles. The molecule has 0 aliphatic heterocycles. The second-order valence-corrected chi connectivity index (χ2v) is 16.2. The van der Waals surface area contributed by atoms with E-state index < -0.39 is 5.41 Å². The fourth-order valence-electron chi connectivity index (χ4n) is 9.02. The normalized spacial score (nSPS) is 17.6. The maximum absolute atomic E-state index is 6.85. The topological polar surface area (TPSA) is 51.8 Å². The third kappa shape index (κ3) is 6.11.